The van der Waals surface area contributed by atoms with E-state index in [-0.39, 0.29) is 96.5 Å². The van der Waals surface area contributed by atoms with Crippen LogP contribution in [-0.2, 0) is 13.9 Å². The molecule has 0 spiro atoms. The summed E-state index contributed by atoms with van der Waals surface area (Å²) in [5, 5.41) is -0.404. The second-order valence-electron chi connectivity index (χ2n) is 23.9. The van der Waals surface area contributed by atoms with Crippen LogP contribution in [0, 0.1) is 0 Å². The zero-order valence-corrected chi connectivity index (χ0v) is 57.2. The molecule has 27 heteroatoms. The summed E-state index contributed by atoms with van der Waals surface area (Å²) in [5.74, 6) is 0.145. The van der Waals surface area contributed by atoms with Crippen molar-refractivity contribution in [2.45, 2.75) is 97.0 Å². The first kappa shape index (κ1) is 67.8. The van der Waals surface area contributed by atoms with Crippen LogP contribution in [0.15, 0.2) is 109 Å². The summed E-state index contributed by atoms with van der Waals surface area (Å²) in [4.78, 5) is 92.0. The number of benzene rings is 5. The molecule has 0 radical (unpaired) electrons. The van der Waals surface area contributed by atoms with E-state index in [9.17, 15) is 24.0 Å². The molecule has 0 aliphatic carbocycles. The van der Waals surface area contributed by atoms with Gasteiger partial charge >= 0.3 is 12.2 Å². The normalized spacial score (nSPS) is 18.8. The Bertz CT molecular complexity index is 3730. The topological polar surface area (TPSA) is 202 Å². The van der Waals surface area contributed by atoms with Gasteiger partial charge in [0.1, 0.15) is 31.3 Å². The number of fused-ring (bicyclic) bond motifs is 5. The number of hydrogen-bond acceptors (Lipinski definition) is 15. The average molecular weight is 1400 g/mol. The third-order valence-electron chi connectivity index (χ3n) is 17.0. The quantitative estimate of drug-likeness (QED) is 0.0327. The van der Waals surface area contributed by atoms with Crippen LogP contribution in [0.1, 0.15) is 99.5 Å². The van der Waals surface area contributed by atoms with Crippen molar-refractivity contribution < 1.29 is 71.1 Å². The second-order valence-corrected chi connectivity index (χ2v) is 33.7. The zero-order chi connectivity index (χ0) is 66.4. The number of anilines is 2. The van der Waals surface area contributed by atoms with Gasteiger partial charge < -0.3 is 52.1 Å². The molecule has 92 heavy (non-hydrogen) atoms. The predicted molar refractivity (Wildman–Crippen MR) is 353 cm³/mol. The van der Waals surface area contributed by atoms with E-state index in [2.05, 4.69) is 0 Å². The van der Waals surface area contributed by atoms with Crippen molar-refractivity contribution in [3.63, 3.8) is 0 Å². The van der Waals surface area contributed by atoms with Gasteiger partial charge in [-0.25, -0.2) is 14.5 Å². The third kappa shape index (κ3) is 14.2. The standard InChI is InChI=1S/C65H67Cl6N5O15Si/c1-37-48-27-40(38-15-19-42(83-5)20-16-38)33-73(48)58(79)46-29-52(84-6)54(31-49(46)75(37)61(81)89-35-64(66,67)68)87-24-12-25-88-55-32-50-47(30-53(55)85-7)59(80)74-34-41(28-51(74)60(91-92(8,9)63(2,3)4)76(50)62(82)90-36-65(69,70)71)39-17-21-43(22-18-39)86-26-23-72-56(77)44-13-10-11-14-45(44)57(72)78/h10-11,13-22,29-34,37,48,51,60H,12,23-28,35-36H2,1-9H3/t37-,48?,51?,60-/m1/s1. The fourth-order valence-corrected chi connectivity index (χ4v) is 12.8. The number of ether oxygens (including phenoxy) is 8. The molecule has 0 N–H and O–H groups in total. The minimum absolute atomic E-state index is 0.00247. The summed E-state index contributed by atoms with van der Waals surface area (Å²) in [6.45, 7) is 10.8. The number of nitrogens with zero attached hydrogens (tertiary/aromatic N) is 5. The maximum Gasteiger partial charge on any atom is 0.416 e. The van der Waals surface area contributed by atoms with Gasteiger partial charge in [-0.3, -0.25) is 29.0 Å². The highest BCUT2D eigenvalue weighted by molar-refractivity contribution is 6.74. The Labute approximate surface area is 563 Å². The van der Waals surface area contributed by atoms with Gasteiger partial charge in [-0.15, -0.1) is 0 Å². The molecule has 5 heterocycles. The van der Waals surface area contributed by atoms with E-state index >= 15 is 4.79 Å². The van der Waals surface area contributed by atoms with E-state index in [0.717, 1.165) is 27.2 Å². The van der Waals surface area contributed by atoms with Crippen molar-refractivity contribution in [1.82, 2.24) is 14.7 Å². The van der Waals surface area contributed by atoms with Gasteiger partial charge in [0.05, 0.1) is 92.8 Å². The lowest BCUT2D eigenvalue weighted by atomic mass is 9.98. The SMILES string of the molecule is COc1ccc(C2=CN3C(=O)c4cc(OC)c(OCCCOc5cc6c(cc5OC)C(=O)N5C=C(c7ccc(OCCN8C(=O)c9ccccc9C8=O)cc7)CC5[C@@H](O[Si](C)(C)C(C)(C)C)N6C(=O)OCC(Cl)(Cl)Cl)cc4N(C(=O)OCC(Cl)(Cl)Cl)[C@H](C)C3C2)cc1. The molecule has 2 unspecified atom stereocenters. The number of alkyl halides is 6. The molecule has 5 aromatic carbocycles. The van der Waals surface area contributed by atoms with E-state index in [4.69, 9.17) is 112 Å². The lowest BCUT2D eigenvalue weighted by Gasteiger charge is -2.44. The predicted octanol–water partition coefficient (Wildman–Crippen LogP) is 14.1. The lowest BCUT2D eigenvalue weighted by molar-refractivity contribution is 0.0585. The summed E-state index contributed by atoms with van der Waals surface area (Å²) in [6, 6.07) is 25.3. The summed E-state index contributed by atoms with van der Waals surface area (Å²) in [6.07, 6.45) is 1.29. The Morgan fingerprint density at radius 1 is 0.543 bits per heavy atom. The van der Waals surface area contributed by atoms with Crippen LogP contribution in [0.2, 0.25) is 18.1 Å². The first-order valence-corrected chi connectivity index (χ1v) is 34.5. The van der Waals surface area contributed by atoms with Crippen LogP contribution < -0.4 is 38.2 Å². The van der Waals surface area contributed by atoms with Gasteiger partial charge in [0, 0.05) is 31.0 Å². The van der Waals surface area contributed by atoms with Gasteiger partial charge in [-0.1, -0.05) is 127 Å². The highest BCUT2D eigenvalue weighted by Gasteiger charge is 2.52. The minimum Gasteiger partial charge on any atom is -0.497 e. The number of halogens is 6. The minimum atomic E-state index is -2.87. The summed E-state index contributed by atoms with van der Waals surface area (Å²) in [5.41, 5.74) is 4.30. The molecule has 0 saturated carbocycles. The van der Waals surface area contributed by atoms with E-state index in [1.807, 2.05) is 70.3 Å². The fourth-order valence-electron chi connectivity index (χ4n) is 11.3. The van der Waals surface area contributed by atoms with Crippen molar-refractivity contribution in [2.24, 2.45) is 0 Å². The maximum atomic E-state index is 15.3. The molecule has 5 aliphatic heterocycles. The molecular formula is C65H67Cl6N5O15Si. The highest BCUT2D eigenvalue weighted by Crippen LogP contribution is 2.49. The number of methoxy groups -OCH3 is 3. The molecule has 6 amide bonds. The molecule has 5 aromatic rings. The Balaban J connectivity index is 0.910. The first-order chi connectivity index (χ1) is 43.5. The van der Waals surface area contributed by atoms with Crippen molar-refractivity contribution in [3.8, 4) is 34.5 Å². The maximum absolute atomic E-state index is 15.3. The van der Waals surface area contributed by atoms with Crippen LogP contribution in [-0.4, -0.2) is 152 Å². The average Bonchev–Trinajstić information content (AvgIpc) is 1.58. The van der Waals surface area contributed by atoms with Gasteiger partial charge in [0.15, 0.2) is 37.5 Å². The Hall–Kier alpha value is -7.08. The smallest absolute Gasteiger partial charge is 0.416 e. The molecular weight excluding hydrogens is 1330 g/mol. The molecule has 0 saturated heterocycles. The van der Waals surface area contributed by atoms with Crippen molar-refractivity contribution in [2.75, 3.05) is 70.7 Å². The number of hydrogen-bond donors (Lipinski definition) is 0. The molecule has 5 aliphatic rings. The monoisotopic (exact) mass is 1400 g/mol. The fraction of sp³-hybridized carbons (Fsp3) is 0.385. The first-order valence-electron chi connectivity index (χ1n) is 29.3. The van der Waals surface area contributed by atoms with Crippen LogP contribution in [0.3, 0.4) is 0 Å². The van der Waals surface area contributed by atoms with Gasteiger partial charge in [-0.05, 0) is 109 Å². The van der Waals surface area contributed by atoms with Crippen LogP contribution in [0.4, 0.5) is 21.0 Å². The van der Waals surface area contributed by atoms with Gasteiger partial charge in [-0.2, -0.15) is 0 Å². The van der Waals surface area contributed by atoms with E-state index in [0.29, 0.717) is 29.0 Å². The van der Waals surface area contributed by atoms with Crippen molar-refractivity contribution in [3.05, 3.63) is 143 Å². The lowest BCUT2D eigenvalue weighted by Crippen LogP contribution is -2.58. The van der Waals surface area contributed by atoms with Crippen LogP contribution in [0.5, 0.6) is 34.5 Å². The third-order valence-corrected chi connectivity index (χ3v) is 22.1. The Kier molecular flexibility index (Phi) is 20.0. The summed E-state index contributed by atoms with van der Waals surface area (Å²) >= 11 is 36.7. The second kappa shape index (κ2) is 27.1. The number of rotatable bonds is 19. The van der Waals surface area contributed by atoms with Crippen molar-refractivity contribution in [1.29, 1.82) is 0 Å². The van der Waals surface area contributed by atoms with E-state index < -0.39 is 82.5 Å². The molecule has 0 fully saturated rings. The largest absolute Gasteiger partial charge is 0.497 e. The molecule has 488 valence electrons. The van der Waals surface area contributed by atoms with Gasteiger partial charge in [0.2, 0.25) is 7.59 Å². The summed E-state index contributed by atoms with van der Waals surface area (Å²) in [7, 11) is 1.54. The number of carbonyl (C=O) groups is 6. The molecule has 20 nitrogen and oxygen atoms in total. The zero-order valence-electron chi connectivity index (χ0n) is 51.7. The number of imide groups is 1. The molecule has 10 rings (SSSR count). The number of amides is 6. The highest BCUT2D eigenvalue weighted by atomic mass is 35.6. The van der Waals surface area contributed by atoms with Gasteiger partial charge in [0.25, 0.3) is 23.6 Å². The Morgan fingerprint density at radius 3 is 1.47 bits per heavy atom. The summed E-state index contributed by atoms with van der Waals surface area (Å²) < 4.78 is 50.5. The van der Waals surface area contributed by atoms with E-state index in [1.54, 1.807) is 72.6 Å². The number of carbonyl (C=O) groups excluding carboxylic acids is 6. The Morgan fingerprint density at radius 2 is 1.00 bits per heavy atom. The van der Waals surface area contributed by atoms with Crippen LogP contribution in [0.25, 0.3) is 11.1 Å². The molecule has 0 aromatic heterocycles. The van der Waals surface area contributed by atoms with Crippen LogP contribution >= 0.6 is 69.6 Å². The van der Waals surface area contributed by atoms with E-state index in [1.165, 1.54) is 48.3 Å². The van der Waals surface area contributed by atoms with Crippen molar-refractivity contribution >= 4 is 136 Å². The molecule has 4 atom stereocenters. The molecule has 0 bridgehead atoms.